The van der Waals surface area contributed by atoms with Gasteiger partial charge in [0.1, 0.15) is 0 Å². The van der Waals surface area contributed by atoms with E-state index in [4.69, 9.17) is 0 Å². The third-order valence-electron chi connectivity index (χ3n) is 3.14. The Bertz CT molecular complexity index is 280. The van der Waals surface area contributed by atoms with Crippen molar-refractivity contribution in [2.24, 2.45) is 0 Å². The van der Waals surface area contributed by atoms with Crippen LogP contribution in [0.2, 0.25) is 5.82 Å². The summed E-state index contributed by atoms with van der Waals surface area (Å²) in [4.78, 5) is 0. The van der Waals surface area contributed by atoms with Crippen LogP contribution < -0.4 is 0 Å². The lowest BCUT2D eigenvalue weighted by molar-refractivity contribution is 0.786. The van der Waals surface area contributed by atoms with E-state index in [-0.39, 0.29) is 0 Å². The van der Waals surface area contributed by atoms with Crippen LogP contribution in [0.1, 0.15) is 26.7 Å². The van der Waals surface area contributed by atoms with Gasteiger partial charge in [-0.05, 0) is 25.6 Å². The average Bonchev–Trinajstić information content (AvgIpc) is 3.03. The summed E-state index contributed by atoms with van der Waals surface area (Å²) in [6.45, 7) is 12.6. The number of hydrogen-bond donors (Lipinski definition) is 1. The third kappa shape index (κ3) is 4.02. The van der Waals surface area contributed by atoms with Crippen molar-refractivity contribution in [3.8, 4) is 0 Å². The van der Waals surface area contributed by atoms with E-state index in [2.05, 4.69) is 73.8 Å². The van der Waals surface area contributed by atoms with Crippen molar-refractivity contribution < 1.29 is 0 Å². The van der Waals surface area contributed by atoms with Crippen molar-refractivity contribution >= 4 is 51.9 Å². The van der Waals surface area contributed by atoms with Gasteiger partial charge in [0.05, 0.1) is 0 Å². The van der Waals surface area contributed by atoms with Crippen molar-refractivity contribution in [1.29, 1.82) is 0 Å². The van der Waals surface area contributed by atoms with Gasteiger partial charge in [0.25, 0.3) is 0 Å². The lowest BCUT2D eigenvalue weighted by atomic mass is 9.75. The van der Waals surface area contributed by atoms with E-state index in [0.29, 0.717) is 11.1 Å². The molecule has 1 rings (SSSR count). The van der Waals surface area contributed by atoms with Crippen LogP contribution >= 0.6 is 46.8 Å². The molecule has 0 radical (unpaired) electrons. The fourth-order valence-electron chi connectivity index (χ4n) is 1.80. The van der Waals surface area contributed by atoms with E-state index in [1.54, 1.807) is 0 Å². The van der Waals surface area contributed by atoms with Crippen LogP contribution in [0.5, 0.6) is 0 Å². The second kappa shape index (κ2) is 6.79. The topological polar surface area (TPSA) is 0 Å². The van der Waals surface area contributed by atoms with Gasteiger partial charge in [0.2, 0.25) is 5.14 Å². The Hall–Kier alpha value is 0.975. The molecule has 1 aliphatic rings. The first-order valence-corrected chi connectivity index (χ1v) is 8.73. The van der Waals surface area contributed by atoms with Crippen molar-refractivity contribution in [1.82, 2.24) is 0 Å². The molecule has 1 saturated heterocycles. The minimum atomic E-state index is 0.320. The lowest BCUT2D eigenvalue weighted by Crippen LogP contribution is -2.13. The van der Waals surface area contributed by atoms with Crippen LogP contribution in [0, 0.1) is 0 Å². The summed E-state index contributed by atoms with van der Waals surface area (Å²) in [6, 6.07) is 0. The van der Waals surface area contributed by atoms with Gasteiger partial charge in [-0.1, -0.05) is 31.2 Å². The smallest absolute Gasteiger partial charge is 0.171 e. The fraction of sp³-hybridized carbons (Fsp3) is 0.667. The zero-order valence-corrected chi connectivity index (χ0v) is 13.9. The number of hydrogen-bond acceptors (Lipinski definition) is 2. The van der Waals surface area contributed by atoms with Crippen molar-refractivity contribution in [3.63, 3.8) is 0 Å². The maximum atomic E-state index is 4.60. The SMILES string of the molecule is C=C(C)C(S)CC(BI)C(=C)C1SC1CC. The second-order valence-electron chi connectivity index (χ2n) is 4.53. The first-order valence-electron chi connectivity index (χ1n) is 5.74. The molecule has 0 aromatic heterocycles. The molecule has 90 valence electrons. The van der Waals surface area contributed by atoms with Crippen LogP contribution in [0.3, 0.4) is 0 Å². The monoisotopic (exact) mass is 366 g/mol. The first-order chi connectivity index (χ1) is 7.51. The molecule has 1 heterocycles. The van der Waals surface area contributed by atoms with Crippen LogP contribution in [0.15, 0.2) is 24.3 Å². The molecular formula is C12H20BIS2. The molecule has 1 aliphatic heterocycles. The molecule has 0 amide bonds. The molecule has 0 N–H and O–H groups in total. The van der Waals surface area contributed by atoms with Gasteiger partial charge < -0.3 is 0 Å². The molecule has 1 fully saturated rings. The highest BCUT2D eigenvalue weighted by atomic mass is 127. The highest BCUT2D eigenvalue weighted by Gasteiger charge is 2.40. The zero-order chi connectivity index (χ0) is 12.3. The summed E-state index contributed by atoms with van der Waals surface area (Å²) < 4.78 is 0. The highest BCUT2D eigenvalue weighted by Crippen LogP contribution is 2.51. The maximum absolute atomic E-state index is 4.60. The Balaban J connectivity index is 2.48. The third-order valence-corrected chi connectivity index (χ3v) is 6.42. The van der Waals surface area contributed by atoms with Gasteiger partial charge in [0, 0.05) is 15.7 Å². The predicted octanol–water partition coefficient (Wildman–Crippen LogP) is 4.28. The van der Waals surface area contributed by atoms with E-state index in [1.807, 2.05) is 0 Å². The van der Waals surface area contributed by atoms with E-state index < -0.39 is 0 Å². The van der Waals surface area contributed by atoms with E-state index >= 15 is 0 Å². The minimum absolute atomic E-state index is 0.320. The van der Waals surface area contributed by atoms with Crippen LogP contribution in [-0.2, 0) is 0 Å². The quantitative estimate of drug-likeness (QED) is 0.231. The molecule has 0 aromatic carbocycles. The van der Waals surface area contributed by atoms with Gasteiger partial charge in [-0.3, -0.25) is 0 Å². The average molecular weight is 366 g/mol. The van der Waals surface area contributed by atoms with Gasteiger partial charge in [-0.25, -0.2) is 0 Å². The summed E-state index contributed by atoms with van der Waals surface area (Å²) in [5.74, 6) is 0.605. The molecular weight excluding hydrogens is 346 g/mol. The molecule has 4 atom stereocenters. The van der Waals surface area contributed by atoms with E-state index in [9.17, 15) is 0 Å². The van der Waals surface area contributed by atoms with Crippen LogP contribution in [-0.4, -0.2) is 20.9 Å². The summed E-state index contributed by atoms with van der Waals surface area (Å²) in [5.41, 5.74) is 2.60. The first kappa shape index (κ1) is 15.0. The summed E-state index contributed by atoms with van der Waals surface area (Å²) in [7, 11) is 0. The molecule has 0 saturated carbocycles. The Kier molecular flexibility index (Phi) is 6.38. The van der Waals surface area contributed by atoms with Gasteiger partial charge in [0.15, 0.2) is 0 Å². The summed E-state index contributed by atoms with van der Waals surface area (Å²) in [5, 5.41) is 3.02. The van der Waals surface area contributed by atoms with Crippen molar-refractivity contribution in [2.45, 2.75) is 48.3 Å². The Morgan fingerprint density at radius 1 is 1.56 bits per heavy atom. The highest BCUT2D eigenvalue weighted by molar-refractivity contribution is 14.1. The molecule has 0 nitrogen and oxygen atoms in total. The molecule has 4 unspecified atom stereocenters. The number of thiol groups is 1. The largest absolute Gasteiger partial charge is 0.207 e. The Morgan fingerprint density at radius 3 is 2.56 bits per heavy atom. The fourth-order valence-corrected chi connectivity index (χ4v) is 4.19. The van der Waals surface area contributed by atoms with Crippen molar-refractivity contribution in [2.75, 3.05) is 0 Å². The summed E-state index contributed by atoms with van der Waals surface area (Å²) >= 11 is 9.14. The molecule has 4 heteroatoms. The van der Waals surface area contributed by atoms with E-state index in [0.717, 1.165) is 22.1 Å². The molecule has 16 heavy (non-hydrogen) atoms. The molecule has 0 aromatic rings. The van der Waals surface area contributed by atoms with Gasteiger partial charge >= 0.3 is 0 Å². The number of thioether (sulfide) groups is 1. The zero-order valence-electron chi connectivity index (χ0n) is 10.1. The van der Waals surface area contributed by atoms with Crippen molar-refractivity contribution in [3.05, 3.63) is 24.3 Å². The minimum Gasteiger partial charge on any atom is -0.171 e. The summed E-state index contributed by atoms with van der Waals surface area (Å²) in [6.07, 6.45) is 2.36. The Morgan fingerprint density at radius 2 is 2.19 bits per heavy atom. The molecule has 0 spiro atoms. The molecule has 0 bridgehead atoms. The normalized spacial score (nSPS) is 27.0. The van der Waals surface area contributed by atoms with Crippen LogP contribution in [0.4, 0.5) is 0 Å². The van der Waals surface area contributed by atoms with Gasteiger partial charge in [-0.15, -0.1) is 11.8 Å². The van der Waals surface area contributed by atoms with Crippen LogP contribution in [0.25, 0.3) is 0 Å². The number of rotatable bonds is 7. The van der Waals surface area contributed by atoms with Gasteiger partial charge in [-0.2, -0.15) is 35.0 Å². The second-order valence-corrected chi connectivity index (χ2v) is 7.42. The number of halogens is 1. The van der Waals surface area contributed by atoms with E-state index in [1.165, 1.54) is 17.6 Å². The Labute approximate surface area is 124 Å². The lowest BCUT2D eigenvalue weighted by Gasteiger charge is -2.20. The predicted molar refractivity (Wildman–Crippen MR) is 91.7 cm³/mol. The maximum Gasteiger partial charge on any atom is 0.207 e. The molecule has 0 aliphatic carbocycles. The standard InChI is InChI=1S/C12H20BIS2/c1-5-11-12(16-11)8(4)9(13-14)6-10(15)7(2)3/h9-13,15H,2,4-6H2,1,3H3.